The van der Waals surface area contributed by atoms with Crippen molar-refractivity contribution in [2.75, 3.05) is 12.5 Å². The number of rotatable bonds is 8. The molecule has 6 nitrogen and oxygen atoms in total. The molecule has 3 aromatic carbocycles. The van der Waals surface area contributed by atoms with Crippen LogP contribution in [0.2, 0.25) is 0 Å². The number of nitrogens with one attached hydrogen (secondary N) is 2. The van der Waals surface area contributed by atoms with Gasteiger partial charge in [-0.1, -0.05) is 36.4 Å². The number of ether oxygens (including phenoxy) is 2. The van der Waals surface area contributed by atoms with Gasteiger partial charge in [0.2, 0.25) is 4.77 Å². The minimum atomic E-state index is -0.262. The first-order valence-corrected chi connectivity index (χ1v) is 10.1. The number of benzene rings is 3. The van der Waals surface area contributed by atoms with Gasteiger partial charge >= 0.3 is 0 Å². The SMILES string of the molecule is COc1ccccc1-c1n[nH]c(=S)n1NCc1cccc(OCc2ccc(F)cc2)c1. The van der Waals surface area contributed by atoms with Gasteiger partial charge < -0.3 is 14.9 Å². The van der Waals surface area contributed by atoms with Gasteiger partial charge in [0.1, 0.15) is 23.9 Å². The fraction of sp³-hybridized carbons (Fsp3) is 0.130. The van der Waals surface area contributed by atoms with E-state index in [1.165, 1.54) is 12.1 Å². The summed E-state index contributed by atoms with van der Waals surface area (Å²) in [6, 6.07) is 21.6. The third-order valence-corrected chi connectivity index (χ3v) is 4.95. The predicted octanol–water partition coefficient (Wildman–Crippen LogP) is 5.08. The number of hydrogen-bond acceptors (Lipinski definition) is 5. The lowest BCUT2D eigenvalue weighted by atomic mass is 10.2. The Morgan fingerprint density at radius 3 is 2.65 bits per heavy atom. The van der Waals surface area contributed by atoms with Crippen molar-refractivity contribution in [1.82, 2.24) is 14.9 Å². The molecule has 0 amide bonds. The minimum Gasteiger partial charge on any atom is -0.496 e. The summed E-state index contributed by atoms with van der Waals surface area (Å²) in [4.78, 5) is 0. The van der Waals surface area contributed by atoms with E-state index in [9.17, 15) is 4.39 Å². The van der Waals surface area contributed by atoms with Crippen LogP contribution in [0.1, 0.15) is 11.1 Å². The molecule has 158 valence electrons. The molecule has 4 rings (SSSR count). The molecule has 0 bridgehead atoms. The molecule has 31 heavy (non-hydrogen) atoms. The highest BCUT2D eigenvalue weighted by molar-refractivity contribution is 7.71. The van der Waals surface area contributed by atoms with Crippen LogP contribution in [0.3, 0.4) is 0 Å². The van der Waals surface area contributed by atoms with Crippen LogP contribution >= 0.6 is 12.2 Å². The average Bonchev–Trinajstić information content (AvgIpc) is 3.17. The Kier molecular flexibility index (Phi) is 6.28. The van der Waals surface area contributed by atoms with Crippen molar-refractivity contribution < 1.29 is 13.9 Å². The van der Waals surface area contributed by atoms with E-state index in [4.69, 9.17) is 21.7 Å². The van der Waals surface area contributed by atoms with Crippen molar-refractivity contribution in [2.45, 2.75) is 13.2 Å². The number of nitrogens with zero attached hydrogens (tertiary/aromatic N) is 2. The maximum atomic E-state index is 13.0. The molecule has 0 fully saturated rings. The highest BCUT2D eigenvalue weighted by Gasteiger charge is 2.13. The molecule has 0 radical (unpaired) electrons. The second kappa shape index (κ2) is 9.44. The highest BCUT2D eigenvalue weighted by atomic mass is 32.1. The van der Waals surface area contributed by atoms with E-state index in [0.29, 0.717) is 29.5 Å². The minimum absolute atomic E-state index is 0.262. The Hall–Kier alpha value is -3.65. The molecule has 8 heteroatoms. The molecule has 0 aliphatic rings. The van der Waals surface area contributed by atoms with Crippen LogP contribution < -0.4 is 14.9 Å². The summed E-state index contributed by atoms with van der Waals surface area (Å²) in [6.45, 7) is 0.867. The lowest BCUT2D eigenvalue weighted by Gasteiger charge is -2.13. The van der Waals surface area contributed by atoms with Crippen LogP contribution in [0.15, 0.2) is 72.8 Å². The molecule has 0 spiro atoms. The standard InChI is InChI=1S/C23H21FN4O2S/c1-29-21-8-3-2-7-20(21)22-26-27-23(31)28(22)25-14-17-5-4-6-19(13-17)30-15-16-9-11-18(24)12-10-16/h2-13,25H,14-15H2,1H3,(H,27,31). The van der Waals surface area contributed by atoms with Gasteiger partial charge in [-0.15, -0.1) is 0 Å². The summed E-state index contributed by atoms with van der Waals surface area (Å²) in [5.41, 5.74) is 6.03. The fourth-order valence-corrected chi connectivity index (χ4v) is 3.31. The smallest absolute Gasteiger partial charge is 0.214 e. The summed E-state index contributed by atoms with van der Waals surface area (Å²) < 4.78 is 26.5. The molecular formula is C23H21FN4O2S. The Labute approximate surface area is 184 Å². The van der Waals surface area contributed by atoms with Crippen molar-refractivity contribution in [3.63, 3.8) is 0 Å². The number of H-pyrrole nitrogens is 1. The Bertz CT molecular complexity index is 1220. The second-order valence-corrected chi connectivity index (χ2v) is 7.17. The van der Waals surface area contributed by atoms with Gasteiger partial charge in [0.05, 0.1) is 19.2 Å². The molecule has 0 unspecified atom stereocenters. The first-order valence-electron chi connectivity index (χ1n) is 9.65. The molecule has 1 aromatic heterocycles. The number of halogens is 1. The van der Waals surface area contributed by atoms with E-state index in [-0.39, 0.29) is 5.82 Å². The van der Waals surface area contributed by atoms with E-state index in [2.05, 4.69) is 15.6 Å². The largest absolute Gasteiger partial charge is 0.496 e. The zero-order valence-corrected chi connectivity index (χ0v) is 17.7. The van der Waals surface area contributed by atoms with Crippen LogP contribution in [0.25, 0.3) is 11.4 Å². The third kappa shape index (κ3) is 4.92. The summed E-state index contributed by atoms with van der Waals surface area (Å²) in [6.07, 6.45) is 0. The number of para-hydroxylation sites is 1. The van der Waals surface area contributed by atoms with Crippen LogP contribution in [0.4, 0.5) is 4.39 Å². The number of aromatic nitrogens is 3. The summed E-state index contributed by atoms with van der Waals surface area (Å²) in [5, 5.41) is 7.17. The van der Waals surface area contributed by atoms with Crippen LogP contribution in [-0.2, 0) is 13.2 Å². The number of methoxy groups -OCH3 is 1. The fourth-order valence-electron chi connectivity index (χ4n) is 3.12. The molecule has 0 aliphatic heterocycles. The Morgan fingerprint density at radius 2 is 1.84 bits per heavy atom. The van der Waals surface area contributed by atoms with Crippen LogP contribution in [-0.4, -0.2) is 22.0 Å². The zero-order chi connectivity index (χ0) is 21.6. The van der Waals surface area contributed by atoms with Crippen molar-refractivity contribution >= 4 is 12.2 Å². The van der Waals surface area contributed by atoms with Gasteiger partial charge in [-0.25, -0.2) is 14.2 Å². The summed E-state index contributed by atoms with van der Waals surface area (Å²) in [7, 11) is 1.62. The molecular weight excluding hydrogens is 415 g/mol. The highest BCUT2D eigenvalue weighted by Crippen LogP contribution is 2.27. The molecule has 2 N–H and O–H groups in total. The lowest BCUT2D eigenvalue weighted by molar-refractivity contribution is 0.306. The van der Waals surface area contributed by atoms with Crippen molar-refractivity contribution in [1.29, 1.82) is 0 Å². The first-order chi connectivity index (χ1) is 15.1. The molecule has 4 aromatic rings. The number of hydrogen-bond donors (Lipinski definition) is 2. The van der Waals surface area contributed by atoms with Crippen molar-refractivity contribution in [3.8, 4) is 22.9 Å². The predicted molar refractivity (Wildman–Crippen MR) is 120 cm³/mol. The molecule has 0 atom stereocenters. The van der Waals surface area contributed by atoms with Gasteiger partial charge in [0.25, 0.3) is 0 Å². The van der Waals surface area contributed by atoms with Crippen LogP contribution in [0, 0.1) is 10.6 Å². The van der Waals surface area contributed by atoms with Crippen molar-refractivity contribution in [3.05, 3.63) is 94.5 Å². The second-order valence-electron chi connectivity index (χ2n) is 6.79. The average molecular weight is 437 g/mol. The molecule has 0 saturated heterocycles. The monoisotopic (exact) mass is 436 g/mol. The van der Waals surface area contributed by atoms with E-state index >= 15 is 0 Å². The van der Waals surface area contributed by atoms with Gasteiger partial charge in [0, 0.05) is 0 Å². The quantitative estimate of drug-likeness (QED) is 0.377. The van der Waals surface area contributed by atoms with E-state index in [1.807, 2.05) is 48.5 Å². The molecule has 0 saturated carbocycles. The summed E-state index contributed by atoms with van der Waals surface area (Å²) in [5.74, 6) is 1.80. The van der Waals surface area contributed by atoms with Crippen LogP contribution in [0.5, 0.6) is 11.5 Å². The van der Waals surface area contributed by atoms with Gasteiger partial charge in [-0.2, -0.15) is 5.10 Å². The van der Waals surface area contributed by atoms with E-state index in [1.54, 1.807) is 23.9 Å². The van der Waals surface area contributed by atoms with E-state index in [0.717, 1.165) is 22.4 Å². The lowest BCUT2D eigenvalue weighted by Crippen LogP contribution is -2.16. The normalized spacial score (nSPS) is 10.6. The topological polar surface area (TPSA) is 64.1 Å². The van der Waals surface area contributed by atoms with Crippen molar-refractivity contribution in [2.24, 2.45) is 0 Å². The Balaban J connectivity index is 1.47. The van der Waals surface area contributed by atoms with Gasteiger partial charge in [-0.05, 0) is 59.7 Å². The van der Waals surface area contributed by atoms with Gasteiger partial charge in [-0.3, -0.25) is 0 Å². The maximum absolute atomic E-state index is 13.0. The zero-order valence-electron chi connectivity index (χ0n) is 16.8. The number of aromatic amines is 1. The molecule has 1 heterocycles. The van der Waals surface area contributed by atoms with Gasteiger partial charge in [0.15, 0.2) is 5.82 Å². The summed E-state index contributed by atoms with van der Waals surface area (Å²) >= 11 is 5.39. The molecule has 0 aliphatic carbocycles. The van der Waals surface area contributed by atoms with E-state index < -0.39 is 0 Å². The third-order valence-electron chi connectivity index (χ3n) is 4.68. The Morgan fingerprint density at radius 1 is 1.03 bits per heavy atom. The first kappa shape index (κ1) is 20.6. The maximum Gasteiger partial charge on any atom is 0.214 e.